The van der Waals surface area contributed by atoms with E-state index < -0.39 is 0 Å². The van der Waals surface area contributed by atoms with Crippen LogP contribution in [0.2, 0.25) is 0 Å². The number of Topliss-reactive ketones (excluding diaryl/α,β-unsaturated/α-hetero) is 1. The van der Waals surface area contributed by atoms with Crippen LogP contribution in [0, 0.1) is 5.92 Å². The molecule has 0 saturated carbocycles. The van der Waals surface area contributed by atoms with Crippen molar-refractivity contribution in [3.8, 4) is 0 Å². The molecule has 3 heteroatoms. The van der Waals surface area contributed by atoms with Gasteiger partial charge in [0.1, 0.15) is 5.78 Å². The van der Waals surface area contributed by atoms with Gasteiger partial charge in [0.2, 0.25) is 0 Å². The molecule has 0 spiro atoms. The predicted molar refractivity (Wildman–Crippen MR) is 49.1 cm³/mol. The van der Waals surface area contributed by atoms with E-state index in [1.54, 1.807) is 0 Å². The van der Waals surface area contributed by atoms with Gasteiger partial charge in [0, 0.05) is 18.2 Å². The van der Waals surface area contributed by atoms with E-state index in [9.17, 15) is 4.79 Å². The Bertz CT molecular complexity index is 149. The summed E-state index contributed by atoms with van der Waals surface area (Å²) >= 11 is 3.99. The molecule has 11 heavy (non-hydrogen) atoms. The fourth-order valence-corrected chi connectivity index (χ4v) is 1.82. The van der Waals surface area contributed by atoms with Gasteiger partial charge in [-0.3, -0.25) is 4.79 Å². The van der Waals surface area contributed by atoms with Gasteiger partial charge in [-0.05, 0) is 26.4 Å². The van der Waals surface area contributed by atoms with Crippen molar-refractivity contribution in [2.75, 3.05) is 25.9 Å². The standard InChI is InChI=1S/C8H15NOS/c1-9-4-2-3-7(5-9)8(10)6-11/h7,11H,2-6H2,1H3. The van der Waals surface area contributed by atoms with Gasteiger partial charge >= 0.3 is 0 Å². The van der Waals surface area contributed by atoms with Crippen LogP contribution < -0.4 is 0 Å². The summed E-state index contributed by atoms with van der Waals surface area (Å²) in [6.07, 6.45) is 2.21. The van der Waals surface area contributed by atoms with Gasteiger partial charge < -0.3 is 4.90 Å². The molecular weight excluding hydrogens is 158 g/mol. The van der Waals surface area contributed by atoms with E-state index in [0.29, 0.717) is 11.5 Å². The number of ketones is 1. The summed E-state index contributed by atoms with van der Waals surface area (Å²) in [6.45, 7) is 2.07. The molecular formula is C8H15NOS. The highest BCUT2D eigenvalue weighted by Crippen LogP contribution is 2.15. The quantitative estimate of drug-likeness (QED) is 0.624. The highest BCUT2D eigenvalue weighted by molar-refractivity contribution is 7.81. The topological polar surface area (TPSA) is 20.3 Å². The van der Waals surface area contributed by atoms with Crippen LogP contribution in [0.15, 0.2) is 0 Å². The SMILES string of the molecule is CN1CCCC(C(=O)CS)C1. The summed E-state index contributed by atoms with van der Waals surface area (Å²) in [4.78, 5) is 13.4. The maximum absolute atomic E-state index is 11.2. The molecule has 1 rings (SSSR count). The Balaban J connectivity index is 2.39. The summed E-state index contributed by atoms with van der Waals surface area (Å²) in [5.74, 6) is 0.963. The Labute approximate surface area is 73.4 Å². The van der Waals surface area contributed by atoms with Crippen LogP contribution in [0.3, 0.4) is 0 Å². The molecule has 0 N–H and O–H groups in total. The molecule has 0 aromatic rings. The zero-order chi connectivity index (χ0) is 8.27. The number of nitrogens with zero attached hydrogens (tertiary/aromatic N) is 1. The molecule has 2 nitrogen and oxygen atoms in total. The minimum atomic E-state index is 0.256. The number of carbonyl (C=O) groups excluding carboxylic acids is 1. The molecule has 1 unspecified atom stereocenters. The van der Waals surface area contributed by atoms with Crippen molar-refractivity contribution in [1.82, 2.24) is 4.90 Å². The Morgan fingerprint density at radius 3 is 3.00 bits per heavy atom. The lowest BCUT2D eigenvalue weighted by Gasteiger charge is -2.28. The maximum atomic E-state index is 11.2. The van der Waals surface area contributed by atoms with E-state index in [4.69, 9.17) is 0 Å². The van der Waals surface area contributed by atoms with Crippen LogP contribution in [0.1, 0.15) is 12.8 Å². The van der Waals surface area contributed by atoms with Gasteiger partial charge in [0.15, 0.2) is 0 Å². The molecule has 1 heterocycles. The van der Waals surface area contributed by atoms with Crippen LogP contribution in [0.4, 0.5) is 0 Å². The molecule has 0 aromatic heterocycles. The molecule has 0 aliphatic carbocycles. The highest BCUT2D eigenvalue weighted by Gasteiger charge is 2.22. The van der Waals surface area contributed by atoms with Crippen molar-refractivity contribution in [3.63, 3.8) is 0 Å². The fraction of sp³-hybridized carbons (Fsp3) is 0.875. The zero-order valence-corrected chi connectivity index (χ0v) is 7.81. The molecule has 0 bridgehead atoms. The van der Waals surface area contributed by atoms with Gasteiger partial charge in [-0.2, -0.15) is 12.6 Å². The number of hydrogen-bond donors (Lipinski definition) is 1. The average molecular weight is 173 g/mol. The Morgan fingerprint density at radius 1 is 1.73 bits per heavy atom. The first-order valence-corrected chi connectivity index (χ1v) is 4.69. The molecule has 64 valence electrons. The molecule has 1 fully saturated rings. The predicted octanol–water partition coefficient (Wildman–Crippen LogP) is 0.827. The van der Waals surface area contributed by atoms with Crippen LogP contribution in [0.25, 0.3) is 0 Å². The maximum Gasteiger partial charge on any atom is 0.146 e. The number of piperidine rings is 1. The molecule has 0 amide bonds. The zero-order valence-electron chi connectivity index (χ0n) is 6.92. The smallest absolute Gasteiger partial charge is 0.146 e. The number of rotatable bonds is 2. The van der Waals surface area contributed by atoms with E-state index in [0.717, 1.165) is 25.9 Å². The summed E-state index contributed by atoms with van der Waals surface area (Å²) in [5, 5.41) is 0. The highest BCUT2D eigenvalue weighted by atomic mass is 32.1. The third-order valence-corrected chi connectivity index (χ3v) is 2.55. The van der Waals surface area contributed by atoms with Gasteiger partial charge in [0.25, 0.3) is 0 Å². The second-order valence-electron chi connectivity index (χ2n) is 3.23. The van der Waals surface area contributed by atoms with E-state index in [2.05, 4.69) is 24.6 Å². The Hall–Kier alpha value is -0.0200. The third-order valence-electron chi connectivity index (χ3n) is 2.24. The summed E-state index contributed by atoms with van der Waals surface area (Å²) < 4.78 is 0. The van der Waals surface area contributed by atoms with Crippen molar-refractivity contribution in [3.05, 3.63) is 0 Å². The van der Waals surface area contributed by atoms with Crippen molar-refractivity contribution in [1.29, 1.82) is 0 Å². The van der Waals surface area contributed by atoms with E-state index >= 15 is 0 Å². The first-order valence-electron chi connectivity index (χ1n) is 4.06. The Morgan fingerprint density at radius 2 is 2.45 bits per heavy atom. The normalized spacial score (nSPS) is 26.9. The lowest BCUT2D eigenvalue weighted by Crippen LogP contribution is -2.36. The lowest BCUT2D eigenvalue weighted by molar-refractivity contribution is -0.121. The van der Waals surface area contributed by atoms with E-state index in [-0.39, 0.29) is 5.92 Å². The molecule has 1 atom stereocenters. The molecule has 1 saturated heterocycles. The van der Waals surface area contributed by atoms with Gasteiger partial charge in [-0.25, -0.2) is 0 Å². The van der Waals surface area contributed by atoms with Gasteiger partial charge in [-0.15, -0.1) is 0 Å². The second kappa shape index (κ2) is 4.12. The minimum absolute atomic E-state index is 0.256. The number of carbonyl (C=O) groups is 1. The first kappa shape index (κ1) is 9.07. The van der Waals surface area contributed by atoms with Gasteiger partial charge in [0.05, 0.1) is 0 Å². The van der Waals surface area contributed by atoms with Gasteiger partial charge in [-0.1, -0.05) is 0 Å². The number of hydrogen-bond acceptors (Lipinski definition) is 3. The van der Waals surface area contributed by atoms with Crippen molar-refractivity contribution >= 4 is 18.4 Å². The van der Waals surface area contributed by atoms with Crippen molar-refractivity contribution < 1.29 is 4.79 Å². The van der Waals surface area contributed by atoms with Crippen molar-refractivity contribution in [2.24, 2.45) is 5.92 Å². The van der Waals surface area contributed by atoms with Crippen molar-refractivity contribution in [2.45, 2.75) is 12.8 Å². The van der Waals surface area contributed by atoms with Crippen LogP contribution in [0.5, 0.6) is 0 Å². The largest absolute Gasteiger partial charge is 0.306 e. The molecule has 0 aromatic carbocycles. The second-order valence-corrected chi connectivity index (χ2v) is 3.54. The Kier molecular flexibility index (Phi) is 3.40. The van der Waals surface area contributed by atoms with Crippen LogP contribution >= 0.6 is 12.6 Å². The average Bonchev–Trinajstić information content (AvgIpc) is 2.03. The minimum Gasteiger partial charge on any atom is -0.306 e. The summed E-state index contributed by atoms with van der Waals surface area (Å²) in [6, 6.07) is 0. The number of likely N-dealkylation sites (tertiary alicyclic amines) is 1. The lowest BCUT2D eigenvalue weighted by atomic mass is 9.95. The number of thiol groups is 1. The summed E-state index contributed by atoms with van der Waals surface area (Å²) in [7, 11) is 2.07. The van der Waals surface area contributed by atoms with Crippen LogP contribution in [-0.4, -0.2) is 36.6 Å². The third kappa shape index (κ3) is 2.49. The van der Waals surface area contributed by atoms with Crippen LogP contribution in [-0.2, 0) is 4.79 Å². The summed E-state index contributed by atoms with van der Waals surface area (Å²) in [5.41, 5.74) is 0. The van der Waals surface area contributed by atoms with E-state index in [1.165, 1.54) is 0 Å². The first-order chi connectivity index (χ1) is 5.24. The fourth-order valence-electron chi connectivity index (χ4n) is 1.56. The van der Waals surface area contributed by atoms with E-state index in [1.807, 2.05) is 0 Å². The molecule has 1 aliphatic rings. The molecule has 1 aliphatic heterocycles. The molecule has 0 radical (unpaired) electrons. The monoisotopic (exact) mass is 173 g/mol.